The molecular formula is C26H36N4O4. The van der Waals surface area contributed by atoms with E-state index in [1.165, 1.54) is 11.1 Å². The Kier molecular flexibility index (Phi) is 10.4. The Balaban J connectivity index is 0.000000192. The fraction of sp³-hybridized carbons (Fsp3) is 0.538. The zero-order chi connectivity index (χ0) is 24.2. The number of carbonyl (C=O) groups excluding carboxylic acids is 1. The minimum Gasteiger partial charge on any atom is -0.481 e. The minimum absolute atomic E-state index is 0.0268. The van der Waals surface area contributed by atoms with Gasteiger partial charge in [0.25, 0.3) is 0 Å². The Morgan fingerprint density at radius 3 is 1.62 bits per heavy atom. The van der Waals surface area contributed by atoms with Crippen LogP contribution in [0.1, 0.15) is 43.7 Å². The zero-order valence-electron chi connectivity index (χ0n) is 20.0. The molecule has 4 heterocycles. The molecule has 8 heteroatoms. The van der Waals surface area contributed by atoms with E-state index in [1.807, 2.05) is 43.6 Å². The van der Waals surface area contributed by atoms with Gasteiger partial charge in [0.1, 0.15) is 0 Å². The summed E-state index contributed by atoms with van der Waals surface area (Å²) in [6.07, 6.45) is 10.6. The third-order valence-electron chi connectivity index (χ3n) is 6.46. The number of hydrogen-bond donors (Lipinski definition) is 1. The van der Waals surface area contributed by atoms with Gasteiger partial charge in [-0.05, 0) is 94.2 Å². The van der Waals surface area contributed by atoms with Crippen LogP contribution in [-0.2, 0) is 27.4 Å². The molecule has 2 saturated heterocycles. The lowest BCUT2D eigenvalue weighted by atomic mass is 9.97. The first kappa shape index (κ1) is 25.8. The lowest BCUT2D eigenvalue weighted by Crippen LogP contribution is -2.36. The number of nitrogens with zero attached hydrogens (tertiary/aromatic N) is 4. The molecule has 0 bridgehead atoms. The van der Waals surface area contributed by atoms with Crippen molar-refractivity contribution in [3.63, 3.8) is 0 Å². The number of aliphatic carboxylic acids is 1. The van der Waals surface area contributed by atoms with E-state index in [-0.39, 0.29) is 17.8 Å². The van der Waals surface area contributed by atoms with Gasteiger partial charge in [-0.1, -0.05) is 0 Å². The maximum absolute atomic E-state index is 11.6. The van der Waals surface area contributed by atoms with Gasteiger partial charge in [0, 0.05) is 37.9 Å². The number of likely N-dealkylation sites (tertiary alicyclic amines) is 2. The number of esters is 1. The average molecular weight is 469 g/mol. The summed E-state index contributed by atoms with van der Waals surface area (Å²) < 4.78 is 5.07. The summed E-state index contributed by atoms with van der Waals surface area (Å²) >= 11 is 0. The van der Waals surface area contributed by atoms with Gasteiger partial charge in [0.05, 0.1) is 18.4 Å². The van der Waals surface area contributed by atoms with Crippen molar-refractivity contribution < 1.29 is 19.4 Å². The van der Waals surface area contributed by atoms with E-state index in [1.54, 1.807) is 12.4 Å². The highest BCUT2D eigenvalue weighted by Crippen LogP contribution is 2.20. The Morgan fingerprint density at radius 1 is 0.824 bits per heavy atom. The maximum Gasteiger partial charge on any atom is 0.309 e. The van der Waals surface area contributed by atoms with Crippen molar-refractivity contribution >= 4 is 11.9 Å². The molecule has 2 aromatic heterocycles. The highest BCUT2D eigenvalue weighted by atomic mass is 16.5. The van der Waals surface area contributed by atoms with E-state index in [2.05, 4.69) is 19.8 Å². The number of hydrogen-bond acceptors (Lipinski definition) is 7. The molecule has 0 aliphatic carbocycles. The molecule has 0 saturated carbocycles. The lowest BCUT2D eigenvalue weighted by Gasteiger charge is -2.30. The number of pyridine rings is 2. The quantitative estimate of drug-likeness (QED) is 0.619. The van der Waals surface area contributed by atoms with E-state index in [4.69, 9.17) is 9.84 Å². The summed E-state index contributed by atoms with van der Waals surface area (Å²) in [7, 11) is 0. The van der Waals surface area contributed by atoms with Crippen LogP contribution >= 0.6 is 0 Å². The predicted octanol–water partition coefficient (Wildman–Crippen LogP) is 3.23. The number of carboxylic acids is 1. The number of ether oxygens (including phenoxy) is 1. The van der Waals surface area contributed by atoms with Gasteiger partial charge in [-0.2, -0.15) is 0 Å². The Hall–Kier alpha value is -2.84. The van der Waals surface area contributed by atoms with Crippen molar-refractivity contribution in [1.29, 1.82) is 0 Å². The Morgan fingerprint density at radius 2 is 1.24 bits per heavy atom. The van der Waals surface area contributed by atoms with Gasteiger partial charge >= 0.3 is 11.9 Å². The SMILES string of the molecule is CCOC(=O)C1CCN(Cc2ccncc2)CC1.O=C(O)C1CCN(Cc2ccncc2)CC1. The van der Waals surface area contributed by atoms with Crippen molar-refractivity contribution in [2.24, 2.45) is 11.8 Å². The van der Waals surface area contributed by atoms with E-state index in [0.717, 1.165) is 65.0 Å². The summed E-state index contributed by atoms with van der Waals surface area (Å²) in [4.78, 5) is 35.1. The largest absolute Gasteiger partial charge is 0.481 e. The number of piperidine rings is 2. The van der Waals surface area contributed by atoms with Crippen LogP contribution in [0.3, 0.4) is 0 Å². The third kappa shape index (κ3) is 8.50. The highest BCUT2D eigenvalue weighted by molar-refractivity contribution is 5.72. The van der Waals surface area contributed by atoms with Crippen LogP contribution in [0, 0.1) is 11.8 Å². The molecule has 1 N–H and O–H groups in total. The lowest BCUT2D eigenvalue weighted by molar-refractivity contribution is -0.149. The van der Waals surface area contributed by atoms with Gasteiger partial charge in [-0.15, -0.1) is 0 Å². The van der Waals surface area contributed by atoms with Crippen LogP contribution in [0.4, 0.5) is 0 Å². The number of rotatable bonds is 7. The smallest absolute Gasteiger partial charge is 0.309 e. The molecule has 2 aliphatic heterocycles. The molecule has 2 aliphatic rings. The topological polar surface area (TPSA) is 95.9 Å². The van der Waals surface area contributed by atoms with Crippen LogP contribution in [0.25, 0.3) is 0 Å². The third-order valence-corrected chi connectivity index (χ3v) is 6.46. The molecule has 34 heavy (non-hydrogen) atoms. The molecule has 0 aromatic carbocycles. The second-order valence-corrected chi connectivity index (χ2v) is 8.90. The number of aromatic nitrogens is 2. The molecule has 0 amide bonds. The fourth-order valence-electron chi connectivity index (χ4n) is 4.42. The minimum atomic E-state index is -0.649. The van der Waals surface area contributed by atoms with Crippen LogP contribution in [0.2, 0.25) is 0 Å². The molecule has 0 radical (unpaired) electrons. The van der Waals surface area contributed by atoms with Crippen LogP contribution in [0.5, 0.6) is 0 Å². The van der Waals surface area contributed by atoms with Gasteiger partial charge in [-0.25, -0.2) is 0 Å². The molecule has 2 aromatic rings. The second kappa shape index (κ2) is 13.8. The summed E-state index contributed by atoms with van der Waals surface area (Å²) in [5, 5.41) is 8.89. The van der Waals surface area contributed by atoms with Crippen molar-refractivity contribution in [3.8, 4) is 0 Å². The molecule has 0 spiro atoms. The first-order valence-corrected chi connectivity index (χ1v) is 12.2. The zero-order valence-corrected chi connectivity index (χ0v) is 20.0. The predicted molar refractivity (Wildman–Crippen MR) is 129 cm³/mol. The van der Waals surface area contributed by atoms with Crippen molar-refractivity contribution in [2.45, 2.75) is 45.7 Å². The Bertz CT molecular complexity index is 865. The first-order valence-electron chi connectivity index (χ1n) is 12.2. The molecule has 8 nitrogen and oxygen atoms in total. The normalized spacial score (nSPS) is 18.0. The highest BCUT2D eigenvalue weighted by Gasteiger charge is 2.26. The monoisotopic (exact) mass is 468 g/mol. The van der Waals surface area contributed by atoms with Crippen LogP contribution < -0.4 is 0 Å². The molecule has 184 valence electrons. The molecule has 2 fully saturated rings. The van der Waals surface area contributed by atoms with Gasteiger partial charge in [0.15, 0.2) is 0 Å². The standard InChI is InChI=1S/C14H20N2O2.C12H16N2O2/c1-2-18-14(17)13-5-9-16(10-6-13)11-12-3-7-15-8-4-12;15-12(16)11-3-7-14(8-4-11)9-10-1-5-13-6-2-10/h3-4,7-8,13H,2,5-6,9-11H2,1H3;1-2,5-6,11H,3-4,7-9H2,(H,15,16). The molecule has 4 rings (SSSR count). The van der Waals surface area contributed by atoms with Crippen LogP contribution in [-0.4, -0.2) is 69.6 Å². The molecule has 0 unspecified atom stereocenters. The summed E-state index contributed by atoms with van der Waals surface area (Å²) in [5.41, 5.74) is 2.52. The van der Waals surface area contributed by atoms with Gasteiger partial charge in [-0.3, -0.25) is 29.4 Å². The van der Waals surface area contributed by atoms with Gasteiger partial charge in [0.2, 0.25) is 0 Å². The summed E-state index contributed by atoms with van der Waals surface area (Å²) in [5.74, 6) is -0.725. The number of carboxylic acid groups (broad SMARTS) is 1. The Labute approximate surface area is 202 Å². The van der Waals surface area contributed by atoms with Crippen LogP contribution in [0.15, 0.2) is 49.1 Å². The van der Waals surface area contributed by atoms with Crippen molar-refractivity contribution in [3.05, 3.63) is 60.2 Å². The van der Waals surface area contributed by atoms with E-state index in [0.29, 0.717) is 6.61 Å². The van der Waals surface area contributed by atoms with E-state index < -0.39 is 5.97 Å². The number of carbonyl (C=O) groups is 2. The average Bonchev–Trinajstić information content (AvgIpc) is 2.87. The fourth-order valence-corrected chi connectivity index (χ4v) is 4.42. The van der Waals surface area contributed by atoms with E-state index >= 15 is 0 Å². The summed E-state index contributed by atoms with van der Waals surface area (Å²) in [6.45, 7) is 7.86. The van der Waals surface area contributed by atoms with Gasteiger partial charge < -0.3 is 9.84 Å². The first-order chi connectivity index (χ1) is 16.5. The molecular weight excluding hydrogens is 432 g/mol. The maximum atomic E-state index is 11.6. The second-order valence-electron chi connectivity index (χ2n) is 8.90. The van der Waals surface area contributed by atoms with Crippen molar-refractivity contribution in [1.82, 2.24) is 19.8 Å². The summed E-state index contributed by atoms with van der Waals surface area (Å²) in [6, 6.07) is 8.08. The van der Waals surface area contributed by atoms with Crippen molar-refractivity contribution in [2.75, 3.05) is 32.8 Å². The molecule has 0 atom stereocenters. The van der Waals surface area contributed by atoms with E-state index in [9.17, 15) is 9.59 Å².